The van der Waals surface area contributed by atoms with Crippen molar-refractivity contribution < 1.29 is 0 Å². The summed E-state index contributed by atoms with van der Waals surface area (Å²) in [5.74, 6) is 2.25. The third kappa shape index (κ3) is 6.07. The number of nitrogens with zero attached hydrogens (tertiary/aromatic N) is 2. The smallest absolute Gasteiger partial charge is 0.191 e. The maximum atomic E-state index is 4.39. The number of piperidine rings is 2. The molecule has 4 nitrogen and oxygen atoms in total. The number of hydrogen-bond acceptors (Lipinski definition) is 3. The van der Waals surface area contributed by atoms with Gasteiger partial charge in [-0.3, -0.25) is 4.99 Å². The van der Waals surface area contributed by atoms with Crippen LogP contribution < -0.4 is 10.6 Å². The number of nitrogens with one attached hydrogen (secondary N) is 2. The number of thioether (sulfide) groups is 1. The lowest BCUT2D eigenvalue weighted by Crippen LogP contribution is -2.56. The molecule has 2 rings (SSSR count). The van der Waals surface area contributed by atoms with Crippen molar-refractivity contribution in [2.75, 3.05) is 32.6 Å². The van der Waals surface area contributed by atoms with Crippen LogP contribution in [0.2, 0.25) is 0 Å². The van der Waals surface area contributed by atoms with Crippen molar-refractivity contribution >= 4 is 41.7 Å². The third-order valence-corrected chi connectivity index (χ3v) is 5.67. The van der Waals surface area contributed by atoms with Gasteiger partial charge in [0.1, 0.15) is 0 Å². The van der Waals surface area contributed by atoms with Crippen LogP contribution in [0.4, 0.5) is 0 Å². The van der Waals surface area contributed by atoms with Crippen molar-refractivity contribution in [1.82, 2.24) is 15.5 Å². The van der Waals surface area contributed by atoms with Crippen LogP contribution in [0.1, 0.15) is 44.9 Å². The molecule has 0 aromatic heterocycles. The quantitative estimate of drug-likeness (QED) is 0.289. The summed E-state index contributed by atoms with van der Waals surface area (Å²) in [6, 6.07) is 2.14. The predicted molar refractivity (Wildman–Crippen MR) is 110 cm³/mol. The lowest BCUT2D eigenvalue weighted by molar-refractivity contribution is 0.0526. The number of fused-ring (bicyclic) bond motifs is 2. The molecule has 2 aliphatic rings. The summed E-state index contributed by atoms with van der Waals surface area (Å²) < 4.78 is 0. The molecule has 0 aromatic carbocycles. The Morgan fingerprint density at radius 3 is 2.50 bits per heavy atom. The third-order valence-electron chi connectivity index (χ3n) is 4.97. The highest BCUT2D eigenvalue weighted by Crippen LogP contribution is 2.32. The zero-order chi connectivity index (χ0) is 15.1. The summed E-state index contributed by atoms with van der Waals surface area (Å²) >= 11 is 1.93. The lowest BCUT2D eigenvalue weighted by Gasteiger charge is -2.47. The first-order valence-corrected chi connectivity index (χ1v) is 9.82. The van der Waals surface area contributed by atoms with Gasteiger partial charge in [-0.05, 0) is 57.6 Å². The molecule has 2 unspecified atom stereocenters. The SMILES string of the molecule is CN=C(NCCCCSC)NC1CC2CCCC(C1)N2C.I. The number of rotatable bonds is 6. The Kier molecular flexibility index (Phi) is 10.1. The topological polar surface area (TPSA) is 39.7 Å². The fraction of sp³-hybridized carbons (Fsp3) is 0.938. The second kappa shape index (κ2) is 11.0. The van der Waals surface area contributed by atoms with Crippen LogP contribution in [-0.4, -0.2) is 61.6 Å². The van der Waals surface area contributed by atoms with E-state index in [1.165, 1.54) is 50.7 Å². The van der Waals surface area contributed by atoms with Crippen LogP contribution in [0.5, 0.6) is 0 Å². The molecular formula is C16H33IN4S. The molecule has 2 saturated heterocycles. The average molecular weight is 440 g/mol. The summed E-state index contributed by atoms with van der Waals surface area (Å²) in [6.45, 7) is 1.03. The van der Waals surface area contributed by atoms with Crippen molar-refractivity contribution in [3.63, 3.8) is 0 Å². The standard InChI is InChI=1S/C16H32N4S.HI/c1-17-16(18-9-4-5-10-21-3)19-13-11-14-7-6-8-15(12-13)20(14)2;/h13-15H,4-12H2,1-3H3,(H2,17,18,19);1H. The van der Waals surface area contributed by atoms with E-state index in [-0.39, 0.29) is 24.0 Å². The van der Waals surface area contributed by atoms with E-state index in [1.54, 1.807) is 0 Å². The van der Waals surface area contributed by atoms with Gasteiger partial charge in [0.05, 0.1) is 0 Å². The van der Waals surface area contributed by atoms with E-state index in [4.69, 9.17) is 0 Å². The molecule has 2 atom stereocenters. The van der Waals surface area contributed by atoms with Gasteiger partial charge >= 0.3 is 0 Å². The van der Waals surface area contributed by atoms with Crippen LogP contribution in [0.3, 0.4) is 0 Å². The molecule has 0 saturated carbocycles. The molecule has 2 aliphatic heterocycles. The monoisotopic (exact) mass is 440 g/mol. The highest BCUT2D eigenvalue weighted by atomic mass is 127. The minimum absolute atomic E-state index is 0. The molecule has 0 amide bonds. The van der Waals surface area contributed by atoms with E-state index in [2.05, 4.69) is 33.8 Å². The predicted octanol–water partition coefficient (Wildman–Crippen LogP) is 2.93. The molecule has 130 valence electrons. The average Bonchev–Trinajstić information content (AvgIpc) is 2.46. The van der Waals surface area contributed by atoms with E-state index < -0.39 is 0 Å². The van der Waals surface area contributed by atoms with E-state index in [0.717, 1.165) is 24.6 Å². The van der Waals surface area contributed by atoms with Crippen LogP contribution in [0, 0.1) is 0 Å². The second-order valence-electron chi connectivity index (χ2n) is 6.42. The molecule has 0 aliphatic carbocycles. The van der Waals surface area contributed by atoms with Crippen LogP contribution in [-0.2, 0) is 0 Å². The van der Waals surface area contributed by atoms with Crippen LogP contribution in [0.15, 0.2) is 4.99 Å². The number of hydrogen-bond donors (Lipinski definition) is 2. The first kappa shape index (κ1) is 20.4. The van der Waals surface area contributed by atoms with Crippen molar-refractivity contribution in [3.8, 4) is 0 Å². The van der Waals surface area contributed by atoms with Crippen molar-refractivity contribution in [2.45, 2.75) is 63.1 Å². The summed E-state index contributed by atoms with van der Waals surface area (Å²) in [5, 5.41) is 7.12. The molecule has 0 aromatic rings. The maximum absolute atomic E-state index is 4.39. The molecule has 22 heavy (non-hydrogen) atoms. The van der Waals surface area contributed by atoms with Gasteiger partial charge in [0, 0.05) is 31.7 Å². The van der Waals surface area contributed by atoms with E-state index in [9.17, 15) is 0 Å². The van der Waals surface area contributed by atoms with Crippen LogP contribution >= 0.6 is 35.7 Å². The Morgan fingerprint density at radius 2 is 1.91 bits per heavy atom. The minimum Gasteiger partial charge on any atom is -0.356 e. The molecular weight excluding hydrogens is 407 g/mol. The van der Waals surface area contributed by atoms with Gasteiger partial charge in [-0.1, -0.05) is 6.42 Å². The summed E-state index contributed by atoms with van der Waals surface area (Å²) in [7, 11) is 4.19. The summed E-state index contributed by atoms with van der Waals surface area (Å²) in [5.41, 5.74) is 0. The lowest BCUT2D eigenvalue weighted by atomic mass is 9.82. The van der Waals surface area contributed by atoms with E-state index >= 15 is 0 Å². The van der Waals surface area contributed by atoms with Gasteiger partial charge in [0.2, 0.25) is 0 Å². The highest BCUT2D eigenvalue weighted by Gasteiger charge is 2.36. The van der Waals surface area contributed by atoms with Gasteiger partial charge in [0.15, 0.2) is 5.96 Å². The molecule has 2 fully saturated rings. The molecule has 0 spiro atoms. The maximum Gasteiger partial charge on any atom is 0.191 e. The van der Waals surface area contributed by atoms with Crippen molar-refractivity contribution in [2.24, 2.45) is 4.99 Å². The van der Waals surface area contributed by atoms with Crippen molar-refractivity contribution in [1.29, 1.82) is 0 Å². The Morgan fingerprint density at radius 1 is 1.23 bits per heavy atom. The van der Waals surface area contributed by atoms with Gasteiger partial charge in [0.25, 0.3) is 0 Å². The number of unbranched alkanes of at least 4 members (excludes halogenated alkanes) is 1. The Balaban J connectivity index is 0.00000242. The molecule has 6 heteroatoms. The Labute approximate surface area is 157 Å². The Bertz CT molecular complexity index is 326. The van der Waals surface area contributed by atoms with Gasteiger partial charge in [-0.25, -0.2) is 0 Å². The molecule has 2 bridgehead atoms. The first-order chi connectivity index (χ1) is 10.2. The highest BCUT2D eigenvalue weighted by molar-refractivity contribution is 14.0. The van der Waals surface area contributed by atoms with Crippen LogP contribution in [0.25, 0.3) is 0 Å². The van der Waals surface area contributed by atoms with Gasteiger partial charge in [-0.15, -0.1) is 24.0 Å². The van der Waals surface area contributed by atoms with Gasteiger partial charge < -0.3 is 15.5 Å². The summed E-state index contributed by atoms with van der Waals surface area (Å²) in [6.07, 6.45) is 11.3. The number of halogens is 1. The normalized spacial score (nSPS) is 28.9. The minimum atomic E-state index is 0. The first-order valence-electron chi connectivity index (χ1n) is 8.42. The Hall–Kier alpha value is 0.310. The molecule has 2 N–H and O–H groups in total. The zero-order valence-electron chi connectivity index (χ0n) is 14.3. The van der Waals surface area contributed by atoms with Crippen molar-refractivity contribution in [3.05, 3.63) is 0 Å². The van der Waals surface area contributed by atoms with Gasteiger partial charge in [-0.2, -0.15) is 11.8 Å². The number of guanidine groups is 1. The largest absolute Gasteiger partial charge is 0.356 e. The zero-order valence-corrected chi connectivity index (χ0v) is 17.5. The fourth-order valence-electron chi connectivity index (χ4n) is 3.70. The second-order valence-corrected chi connectivity index (χ2v) is 7.40. The molecule has 2 heterocycles. The summed E-state index contributed by atoms with van der Waals surface area (Å²) in [4.78, 5) is 7.00. The molecule has 0 radical (unpaired) electrons. The number of aliphatic imine (C=N–C) groups is 1. The van der Waals surface area contributed by atoms with E-state index in [0.29, 0.717) is 6.04 Å². The van der Waals surface area contributed by atoms with E-state index in [1.807, 2.05) is 18.8 Å². The fourth-order valence-corrected chi connectivity index (χ4v) is 4.19.